The zero-order chi connectivity index (χ0) is 19.7. The van der Waals surface area contributed by atoms with Gasteiger partial charge in [-0.15, -0.1) is 0 Å². The van der Waals surface area contributed by atoms with Crippen molar-refractivity contribution >= 4 is 56.4 Å². The highest BCUT2D eigenvalue weighted by atomic mass is 79.9. The maximum Gasteiger partial charge on any atom is 0.294 e. The number of halogens is 3. The quantitative estimate of drug-likeness (QED) is 0.435. The van der Waals surface area contributed by atoms with E-state index in [0.717, 1.165) is 0 Å². The Balaban J connectivity index is 2.05. The van der Waals surface area contributed by atoms with Crippen molar-refractivity contribution in [3.8, 4) is 5.82 Å². The molecular weight excluding hydrogens is 461 g/mol. The van der Waals surface area contributed by atoms with Crippen LogP contribution in [0.15, 0.2) is 41.1 Å². The van der Waals surface area contributed by atoms with Crippen molar-refractivity contribution in [3.63, 3.8) is 0 Å². The standard InChI is InChI=1S/C16H10BrCl2N5O3/c1-8-5-9(18)6-11(24(26)27)14(8)21-16(25)12-7-13(17)22-23(12)15-10(19)3-2-4-20-15/h2-7H,1H3,(H,21,25). The van der Waals surface area contributed by atoms with Crippen LogP contribution in [0.3, 0.4) is 0 Å². The molecule has 3 rings (SSSR count). The number of nitrogens with zero attached hydrogens (tertiary/aromatic N) is 4. The molecule has 138 valence electrons. The Hall–Kier alpha value is -2.49. The van der Waals surface area contributed by atoms with Crippen molar-refractivity contribution < 1.29 is 9.72 Å². The molecule has 0 aliphatic carbocycles. The molecule has 0 bridgehead atoms. The Morgan fingerprint density at radius 3 is 2.74 bits per heavy atom. The number of benzene rings is 1. The largest absolute Gasteiger partial charge is 0.315 e. The summed E-state index contributed by atoms with van der Waals surface area (Å²) in [5.74, 6) is -0.374. The third kappa shape index (κ3) is 3.95. The number of pyridine rings is 1. The molecular formula is C16H10BrCl2N5O3. The van der Waals surface area contributed by atoms with Gasteiger partial charge in [0, 0.05) is 23.4 Å². The highest BCUT2D eigenvalue weighted by molar-refractivity contribution is 9.10. The summed E-state index contributed by atoms with van der Waals surface area (Å²) in [6, 6.07) is 7.40. The lowest BCUT2D eigenvalue weighted by molar-refractivity contribution is -0.383. The van der Waals surface area contributed by atoms with Gasteiger partial charge in [-0.1, -0.05) is 23.2 Å². The van der Waals surface area contributed by atoms with Crippen molar-refractivity contribution in [2.24, 2.45) is 0 Å². The molecule has 0 saturated carbocycles. The van der Waals surface area contributed by atoms with Gasteiger partial charge in [-0.25, -0.2) is 9.67 Å². The first-order valence-corrected chi connectivity index (χ1v) is 8.95. The number of aryl methyl sites for hydroxylation is 1. The lowest BCUT2D eigenvalue weighted by Gasteiger charge is -2.11. The Morgan fingerprint density at radius 1 is 1.33 bits per heavy atom. The Bertz CT molecular complexity index is 1070. The first-order chi connectivity index (χ1) is 12.8. The zero-order valence-electron chi connectivity index (χ0n) is 13.6. The normalized spacial score (nSPS) is 10.7. The monoisotopic (exact) mass is 469 g/mol. The lowest BCUT2D eigenvalue weighted by atomic mass is 10.1. The summed E-state index contributed by atoms with van der Waals surface area (Å²) in [6.45, 7) is 1.61. The number of nitrogens with one attached hydrogen (secondary N) is 1. The van der Waals surface area contributed by atoms with Crippen LogP contribution >= 0.6 is 39.1 Å². The van der Waals surface area contributed by atoms with E-state index in [-0.39, 0.29) is 32.9 Å². The number of hydrogen-bond donors (Lipinski definition) is 1. The zero-order valence-corrected chi connectivity index (χ0v) is 16.7. The fourth-order valence-electron chi connectivity index (χ4n) is 2.42. The number of carbonyl (C=O) groups is 1. The average Bonchev–Trinajstić information content (AvgIpc) is 2.99. The van der Waals surface area contributed by atoms with Crippen molar-refractivity contribution in [1.29, 1.82) is 0 Å². The van der Waals surface area contributed by atoms with E-state index in [1.165, 1.54) is 29.1 Å². The smallest absolute Gasteiger partial charge is 0.294 e. The second kappa shape index (κ2) is 7.63. The van der Waals surface area contributed by atoms with E-state index in [2.05, 4.69) is 31.3 Å². The van der Waals surface area contributed by atoms with Crippen LogP contribution in [0.25, 0.3) is 5.82 Å². The fraction of sp³-hybridized carbons (Fsp3) is 0.0625. The number of rotatable bonds is 4. The minimum absolute atomic E-state index is 0.0467. The molecule has 2 heterocycles. The number of nitro groups is 1. The summed E-state index contributed by atoms with van der Waals surface area (Å²) in [7, 11) is 0. The van der Waals surface area contributed by atoms with Gasteiger partial charge in [0.15, 0.2) is 5.82 Å². The summed E-state index contributed by atoms with van der Waals surface area (Å²) in [5, 5.41) is 18.5. The molecule has 0 fully saturated rings. The average molecular weight is 471 g/mol. The third-order valence-electron chi connectivity index (χ3n) is 3.57. The van der Waals surface area contributed by atoms with Crippen molar-refractivity contribution in [2.45, 2.75) is 6.92 Å². The highest BCUT2D eigenvalue weighted by Crippen LogP contribution is 2.32. The van der Waals surface area contributed by atoms with Crippen LogP contribution in [0.2, 0.25) is 10.0 Å². The van der Waals surface area contributed by atoms with Gasteiger partial charge in [-0.05, 0) is 46.6 Å². The molecule has 0 unspecified atom stereocenters. The molecule has 1 aromatic carbocycles. The van der Waals surface area contributed by atoms with Gasteiger partial charge in [0.1, 0.15) is 16.0 Å². The van der Waals surface area contributed by atoms with E-state index in [1.807, 2.05) is 0 Å². The molecule has 1 N–H and O–H groups in total. The van der Waals surface area contributed by atoms with Crippen molar-refractivity contribution in [2.75, 3.05) is 5.32 Å². The van der Waals surface area contributed by atoms with Crippen LogP contribution in [0.1, 0.15) is 16.1 Å². The summed E-state index contributed by atoms with van der Waals surface area (Å²) < 4.78 is 1.62. The number of hydrogen-bond acceptors (Lipinski definition) is 5. The third-order valence-corrected chi connectivity index (χ3v) is 4.47. The molecule has 0 saturated heterocycles. The first-order valence-electron chi connectivity index (χ1n) is 7.40. The molecule has 3 aromatic rings. The van der Waals surface area contributed by atoms with Crippen molar-refractivity contribution in [3.05, 3.63) is 72.5 Å². The van der Waals surface area contributed by atoms with E-state index in [0.29, 0.717) is 10.2 Å². The van der Waals surface area contributed by atoms with E-state index in [9.17, 15) is 14.9 Å². The first kappa shape index (κ1) is 19.3. The Kier molecular flexibility index (Phi) is 5.45. The SMILES string of the molecule is Cc1cc(Cl)cc([N+](=O)[O-])c1NC(=O)c1cc(Br)nn1-c1ncccc1Cl. The molecule has 11 heteroatoms. The molecule has 0 radical (unpaired) electrons. The van der Waals surface area contributed by atoms with Crippen LogP contribution in [0, 0.1) is 17.0 Å². The van der Waals surface area contributed by atoms with E-state index < -0.39 is 10.8 Å². The minimum atomic E-state index is -0.622. The molecule has 0 aliphatic rings. The van der Waals surface area contributed by atoms with Gasteiger partial charge in [0.25, 0.3) is 11.6 Å². The van der Waals surface area contributed by atoms with Crippen molar-refractivity contribution in [1.82, 2.24) is 14.8 Å². The van der Waals surface area contributed by atoms with Gasteiger partial charge < -0.3 is 5.32 Å². The highest BCUT2D eigenvalue weighted by Gasteiger charge is 2.23. The predicted molar refractivity (Wildman–Crippen MR) is 105 cm³/mol. The molecule has 1 amide bonds. The molecule has 27 heavy (non-hydrogen) atoms. The number of aromatic nitrogens is 3. The summed E-state index contributed by atoms with van der Waals surface area (Å²) in [5.41, 5.74) is 0.273. The number of amides is 1. The van der Waals surface area contributed by atoms with Gasteiger partial charge in [-0.2, -0.15) is 5.10 Å². The van der Waals surface area contributed by atoms with Crippen LogP contribution in [0.5, 0.6) is 0 Å². The number of anilines is 1. The van der Waals surface area contributed by atoms with Crippen LogP contribution in [-0.4, -0.2) is 25.6 Å². The number of carbonyl (C=O) groups excluding carboxylic acids is 1. The molecule has 0 aliphatic heterocycles. The molecule has 0 atom stereocenters. The molecule has 2 aromatic heterocycles. The van der Waals surface area contributed by atoms with E-state index in [4.69, 9.17) is 23.2 Å². The minimum Gasteiger partial charge on any atom is -0.315 e. The summed E-state index contributed by atoms with van der Waals surface area (Å²) in [6.07, 6.45) is 1.51. The van der Waals surface area contributed by atoms with Gasteiger partial charge in [-0.3, -0.25) is 14.9 Å². The van der Waals surface area contributed by atoms with Crippen LogP contribution in [0.4, 0.5) is 11.4 Å². The molecule has 0 spiro atoms. The summed E-state index contributed by atoms with van der Waals surface area (Å²) >= 11 is 15.2. The number of nitro benzene ring substituents is 1. The maximum atomic E-state index is 12.8. The molecule has 8 nitrogen and oxygen atoms in total. The predicted octanol–water partition coefficient (Wildman–Crippen LogP) is 4.81. The lowest BCUT2D eigenvalue weighted by Crippen LogP contribution is -2.19. The van der Waals surface area contributed by atoms with E-state index in [1.54, 1.807) is 19.1 Å². The van der Waals surface area contributed by atoms with Gasteiger partial charge in [0.2, 0.25) is 0 Å². The second-order valence-corrected chi connectivity index (χ2v) is 7.06. The van der Waals surface area contributed by atoms with Gasteiger partial charge in [0.05, 0.1) is 9.95 Å². The maximum absolute atomic E-state index is 12.8. The van der Waals surface area contributed by atoms with Gasteiger partial charge >= 0.3 is 0 Å². The Morgan fingerprint density at radius 2 is 2.07 bits per heavy atom. The Labute approximate surface area is 171 Å². The fourth-order valence-corrected chi connectivity index (χ4v) is 3.26. The second-order valence-electron chi connectivity index (χ2n) is 5.40. The topological polar surface area (TPSA) is 103 Å². The summed E-state index contributed by atoms with van der Waals surface area (Å²) in [4.78, 5) is 27.7. The van der Waals surface area contributed by atoms with Crippen LogP contribution in [-0.2, 0) is 0 Å². The van der Waals surface area contributed by atoms with Crippen LogP contribution < -0.4 is 5.32 Å². The van der Waals surface area contributed by atoms with E-state index >= 15 is 0 Å².